The normalized spacial score (nSPS) is 18.3. The van der Waals surface area contributed by atoms with E-state index < -0.39 is 35.1 Å². The van der Waals surface area contributed by atoms with Crippen molar-refractivity contribution in [2.45, 2.75) is 12.8 Å². The molecule has 7 heteroatoms. The summed E-state index contributed by atoms with van der Waals surface area (Å²) in [6.45, 7) is 0.523. The number of amides is 2. The highest BCUT2D eigenvalue weighted by Crippen LogP contribution is 2.41. The van der Waals surface area contributed by atoms with Crippen LogP contribution < -0.4 is 5.32 Å². The van der Waals surface area contributed by atoms with Crippen molar-refractivity contribution in [1.82, 2.24) is 9.88 Å². The fourth-order valence-corrected chi connectivity index (χ4v) is 2.83. The smallest absolute Gasteiger partial charge is 0.228 e. The summed E-state index contributed by atoms with van der Waals surface area (Å²) >= 11 is 0. The van der Waals surface area contributed by atoms with Crippen LogP contribution in [0.5, 0.6) is 0 Å². The van der Waals surface area contributed by atoms with Crippen molar-refractivity contribution in [3.63, 3.8) is 0 Å². The van der Waals surface area contributed by atoms with Gasteiger partial charge < -0.3 is 10.2 Å². The van der Waals surface area contributed by atoms with Crippen LogP contribution in [-0.2, 0) is 16.0 Å². The molecule has 136 valence electrons. The van der Waals surface area contributed by atoms with Gasteiger partial charge in [0.1, 0.15) is 17.3 Å². The average Bonchev–Trinajstić information content (AvgIpc) is 3.44. The van der Waals surface area contributed by atoms with E-state index in [4.69, 9.17) is 0 Å². The third-order valence-electron chi connectivity index (χ3n) is 4.52. The maximum Gasteiger partial charge on any atom is 0.228 e. The monoisotopic (exact) mass is 359 g/mol. The molecule has 2 atom stereocenters. The van der Waals surface area contributed by atoms with Crippen molar-refractivity contribution in [3.8, 4) is 0 Å². The molecule has 0 saturated heterocycles. The zero-order valence-electron chi connectivity index (χ0n) is 14.3. The largest absolute Gasteiger partial charge is 0.345 e. The fourth-order valence-electron chi connectivity index (χ4n) is 2.83. The van der Waals surface area contributed by atoms with Crippen molar-refractivity contribution < 1.29 is 18.4 Å². The van der Waals surface area contributed by atoms with Crippen LogP contribution in [0.15, 0.2) is 42.7 Å². The van der Waals surface area contributed by atoms with Gasteiger partial charge in [0.05, 0.1) is 11.8 Å². The SMILES string of the molecule is CN(CCc1ccncc1)C(=O)C1CC1C(=O)Nc1c(F)cccc1F. The first-order valence-electron chi connectivity index (χ1n) is 8.36. The molecular weight excluding hydrogens is 340 g/mol. The standard InChI is InChI=1S/C19H19F2N3O2/c1-24(10-7-12-5-8-22-9-6-12)19(26)14-11-13(14)18(25)23-17-15(20)3-2-4-16(17)21/h2-6,8-9,13-14H,7,10-11H2,1H3,(H,23,25). The first kappa shape index (κ1) is 18.0. The quantitative estimate of drug-likeness (QED) is 0.862. The first-order chi connectivity index (χ1) is 12.5. The van der Waals surface area contributed by atoms with Crippen LogP contribution >= 0.6 is 0 Å². The van der Waals surface area contributed by atoms with E-state index in [-0.39, 0.29) is 5.91 Å². The molecule has 1 heterocycles. The van der Waals surface area contributed by atoms with Gasteiger partial charge in [-0.2, -0.15) is 0 Å². The third-order valence-corrected chi connectivity index (χ3v) is 4.52. The average molecular weight is 359 g/mol. The number of hydrogen-bond donors (Lipinski definition) is 1. The van der Waals surface area contributed by atoms with Gasteiger partial charge in [0.15, 0.2) is 0 Å². The lowest BCUT2D eigenvalue weighted by molar-refractivity contribution is -0.132. The Kier molecular flexibility index (Phi) is 5.25. The van der Waals surface area contributed by atoms with Crippen LogP contribution in [0.4, 0.5) is 14.5 Å². The molecule has 0 aliphatic heterocycles. The molecule has 1 aromatic carbocycles. The molecule has 1 N–H and O–H groups in total. The van der Waals surface area contributed by atoms with Crippen LogP contribution in [0.3, 0.4) is 0 Å². The number of pyridine rings is 1. The van der Waals surface area contributed by atoms with E-state index in [0.717, 1.165) is 17.7 Å². The van der Waals surface area contributed by atoms with E-state index in [0.29, 0.717) is 19.4 Å². The minimum atomic E-state index is -0.837. The van der Waals surface area contributed by atoms with Crippen LogP contribution in [0, 0.1) is 23.5 Å². The molecule has 0 radical (unpaired) electrons. The Morgan fingerprint density at radius 2 is 1.81 bits per heavy atom. The Balaban J connectivity index is 1.52. The molecule has 0 spiro atoms. The van der Waals surface area contributed by atoms with Gasteiger partial charge in [-0.25, -0.2) is 8.78 Å². The lowest BCUT2D eigenvalue weighted by Crippen LogP contribution is -2.31. The lowest BCUT2D eigenvalue weighted by atomic mass is 10.2. The van der Waals surface area contributed by atoms with Crippen molar-refractivity contribution in [2.75, 3.05) is 18.9 Å². The summed E-state index contributed by atoms with van der Waals surface area (Å²) in [6, 6.07) is 7.13. The number of carbonyl (C=O) groups excluding carboxylic acids is 2. The predicted molar refractivity (Wildman–Crippen MR) is 92.2 cm³/mol. The second-order valence-electron chi connectivity index (χ2n) is 6.40. The van der Waals surface area contributed by atoms with Crippen LogP contribution in [0.25, 0.3) is 0 Å². The molecule has 3 rings (SSSR count). The van der Waals surface area contributed by atoms with Crippen molar-refractivity contribution >= 4 is 17.5 Å². The van der Waals surface area contributed by atoms with E-state index in [1.165, 1.54) is 6.07 Å². The summed E-state index contributed by atoms with van der Waals surface area (Å²) in [5, 5.41) is 2.26. The Labute approximate surface area is 150 Å². The molecule has 26 heavy (non-hydrogen) atoms. The fraction of sp³-hybridized carbons (Fsp3) is 0.316. The summed E-state index contributed by atoms with van der Waals surface area (Å²) in [5.41, 5.74) is 0.599. The summed E-state index contributed by atoms with van der Waals surface area (Å²) in [7, 11) is 1.69. The molecule has 2 unspecified atom stereocenters. The molecule has 1 fully saturated rings. The molecule has 2 aromatic rings. The Hall–Kier alpha value is -2.83. The van der Waals surface area contributed by atoms with E-state index in [1.807, 2.05) is 12.1 Å². The number of carbonyl (C=O) groups is 2. The molecule has 1 saturated carbocycles. The number of anilines is 1. The van der Waals surface area contributed by atoms with Gasteiger partial charge >= 0.3 is 0 Å². The van der Waals surface area contributed by atoms with E-state index in [9.17, 15) is 18.4 Å². The number of likely N-dealkylation sites (N-methyl/N-ethyl adjacent to an activating group) is 1. The number of para-hydroxylation sites is 1. The third kappa shape index (κ3) is 4.04. The van der Waals surface area contributed by atoms with Gasteiger partial charge in [0.2, 0.25) is 11.8 Å². The number of halogens is 2. The molecule has 1 aliphatic carbocycles. The highest BCUT2D eigenvalue weighted by molar-refractivity contribution is 5.99. The van der Waals surface area contributed by atoms with Crippen LogP contribution in [0.1, 0.15) is 12.0 Å². The number of aromatic nitrogens is 1. The Morgan fingerprint density at radius 3 is 2.46 bits per heavy atom. The zero-order chi connectivity index (χ0) is 18.7. The minimum Gasteiger partial charge on any atom is -0.345 e. The molecule has 0 bridgehead atoms. The lowest BCUT2D eigenvalue weighted by Gasteiger charge is -2.17. The minimum absolute atomic E-state index is 0.131. The number of nitrogens with one attached hydrogen (secondary N) is 1. The van der Waals surface area contributed by atoms with Crippen molar-refractivity contribution in [2.24, 2.45) is 11.8 Å². The maximum atomic E-state index is 13.6. The summed E-state index contributed by atoms with van der Waals surface area (Å²) in [5.74, 6) is -3.33. The maximum absolute atomic E-state index is 13.6. The molecule has 1 aromatic heterocycles. The second kappa shape index (κ2) is 7.59. The Morgan fingerprint density at radius 1 is 1.15 bits per heavy atom. The molecule has 2 amide bonds. The topological polar surface area (TPSA) is 62.3 Å². The number of hydrogen-bond acceptors (Lipinski definition) is 3. The summed E-state index contributed by atoms with van der Waals surface area (Å²) in [4.78, 5) is 30.1. The Bertz CT molecular complexity index is 793. The number of benzene rings is 1. The zero-order valence-corrected chi connectivity index (χ0v) is 14.3. The van der Waals surface area contributed by atoms with Gasteiger partial charge in [-0.15, -0.1) is 0 Å². The predicted octanol–water partition coefficient (Wildman–Crippen LogP) is 2.64. The van der Waals surface area contributed by atoms with Gasteiger partial charge in [-0.3, -0.25) is 14.6 Å². The molecule has 1 aliphatic rings. The number of rotatable bonds is 6. The van der Waals surface area contributed by atoms with Crippen molar-refractivity contribution in [3.05, 3.63) is 59.9 Å². The van der Waals surface area contributed by atoms with Gasteiger partial charge in [-0.05, 0) is 42.7 Å². The van der Waals surface area contributed by atoms with E-state index in [1.54, 1.807) is 24.3 Å². The van der Waals surface area contributed by atoms with Gasteiger partial charge in [0.25, 0.3) is 0 Å². The molecule has 5 nitrogen and oxygen atoms in total. The first-order valence-corrected chi connectivity index (χ1v) is 8.36. The van der Waals surface area contributed by atoms with E-state index >= 15 is 0 Å². The second-order valence-corrected chi connectivity index (χ2v) is 6.40. The highest BCUT2D eigenvalue weighted by atomic mass is 19.1. The molecular formula is C19H19F2N3O2. The summed E-state index contributed by atoms with van der Waals surface area (Å²) in [6.07, 6.45) is 4.47. The highest BCUT2D eigenvalue weighted by Gasteiger charge is 2.49. The summed E-state index contributed by atoms with van der Waals surface area (Å²) < 4.78 is 27.2. The van der Waals surface area contributed by atoms with Gasteiger partial charge in [0, 0.05) is 26.0 Å². The van der Waals surface area contributed by atoms with Gasteiger partial charge in [-0.1, -0.05) is 6.07 Å². The van der Waals surface area contributed by atoms with Crippen LogP contribution in [-0.4, -0.2) is 35.3 Å². The van der Waals surface area contributed by atoms with Crippen LogP contribution in [0.2, 0.25) is 0 Å². The van der Waals surface area contributed by atoms with Crippen molar-refractivity contribution in [1.29, 1.82) is 0 Å². The number of nitrogens with zero attached hydrogens (tertiary/aromatic N) is 2. The van der Waals surface area contributed by atoms with E-state index in [2.05, 4.69) is 10.3 Å².